The normalized spacial score (nSPS) is 16.0. The van der Waals surface area contributed by atoms with E-state index in [1.165, 1.54) is 0 Å². The molecule has 0 bridgehead atoms. The fraction of sp³-hybridized carbons (Fsp3) is 1.00. The molecule has 22 heavy (non-hydrogen) atoms. The summed E-state index contributed by atoms with van der Waals surface area (Å²) in [5.74, 6) is 0. The molecule has 0 amide bonds. The zero-order chi connectivity index (χ0) is 17.8. The van der Waals surface area contributed by atoms with Crippen molar-refractivity contribution in [3.8, 4) is 0 Å². The molecule has 0 N–H and O–H groups in total. The average Bonchev–Trinajstić information content (AvgIpc) is 2.21. The first-order valence-corrected chi connectivity index (χ1v) is 19.9. The molecule has 0 aliphatic heterocycles. The van der Waals surface area contributed by atoms with Gasteiger partial charge in [0.15, 0.2) is 8.32 Å². The summed E-state index contributed by atoms with van der Waals surface area (Å²) in [4.78, 5) is 0. The summed E-state index contributed by atoms with van der Waals surface area (Å²) >= 11 is 6.07. The smallest absolute Gasteiger partial charge is 0.322 e. The summed E-state index contributed by atoms with van der Waals surface area (Å²) in [6, 6.07) is 1.05. The first kappa shape index (κ1) is 23.0. The highest BCUT2D eigenvalue weighted by Gasteiger charge is 2.43. The second kappa shape index (κ2) is 8.39. The van der Waals surface area contributed by atoms with E-state index >= 15 is 0 Å². The lowest BCUT2D eigenvalue weighted by molar-refractivity contribution is 0.265. The summed E-state index contributed by atoms with van der Waals surface area (Å²) in [5, 5.41) is 0.198. The molecule has 0 saturated carbocycles. The van der Waals surface area contributed by atoms with Crippen molar-refractivity contribution in [3.63, 3.8) is 0 Å². The lowest BCUT2D eigenvalue weighted by atomic mass is 10.4. The predicted octanol–water partition coefficient (Wildman–Crippen LogP) is 5.01. The maximum absolute atomic E-state index is 6.49. The number of rotatable bonds is 10. The SMILES string of the molecule is CO[Si](C)(C)O[Si](C)(C)O[Si](C)(C)O[Si](C)(C)CCC(C)Cl. The van der Waals surface area contributed by atoms with E-state index in [2.05, 4.69) is 39.3 Å². The molecule has 4 nitrogen and oxygen atoms in total. The molecule has 0 aromatic rings. The lowest BCUT2D eigenvalue weighted by Crippen LogP contribution is -2.56. The Morgan fingerprint density at radius 3 is 1.59 bits per heavy atom. The molecule has 0 aromatic heterocycles. The Balaban J connectivity index is 4.73. The van der Waals surface area contributed by atoms with Gasteiger partial charge in [-0.05, 0) is 71.8 Å². The van der Waals surface area contributed by atoms with Crippen LogP contribution in [0.5, 0.6) is 0 Å². The quantitative estimate of drug-likeness (QED) is 0.380. The minimum atomic E-state index is -2.27. The summed E-state index contributed by atoms with van der Waals surface area (Å²) < 4.78 is 24.6. The van der Waals surface area contributed by atoms with Crippen LogP contribution in [-0.2, 0) is 16.8 Å². The molecule has 0 aromatic carbocycles. The highest BCUT2D eigenvalue weighted by Crippen LogP contribution is 2.26. The van der Waals surface area contributed by atoms with Gasteiger partial charge in [-0.25, -0.2) is 0 Å². The fourth-order valence-corrected chi connectivity index (χ4v) is 20.6. The topological polar surface area (TPSA) is 36.9 Å². The summed E-state index contributed by atoms with van der Waals surface area (Å²) in [6.07, 6.45) is 0.992. The molecule has 0 radical (unpaired) electrons. The Hall–Kier alpha value is 0.998. The van der Waals surface area contributed by atoms with Crippen molar-refractivity contribution in [3.05, 3.63) is 0 Å². The Kier molecular flexibility index (Phi) is 8.77. The standard InChI is InChI=1S/C13H35ClO4Si4/c1-13(14)11-12-19(3,4)16-21(7,8)18-22(9,10)17-20(5,6)15-2/h13H,11-12H2,1-10H3. The van der Waals surface area contributed by atoms with E-state index < -0.39 is 34.0 Å². The summed E-state index contributed by atoms with van der Waals surface area (Å²) in [7, 11) is -6.67. The Morgan fingerprint density at radius 1 is 0.773 bits per heavy atom. The monoisotopic (exact) mass is 402 g/mol. The minimum Gasteiger partial charge on any atom is -0.436 e. The van der Waals surface area contributed by atoms with Crippen LogP contribution in [0.2, 0.25) is 58.4 Å². The highest BCUT2D eigenvalue weighted by atomic mass is 35.5. The summed E-state index contributed by atoms with van der Waals surface area (Å²) in [6.45, 7) is 19.0. The zero-order valence-corrected chi connectivity index (χ0v) is 20.8. The van der Waals surface area contributed by atoms with Gasteiger partial charge in [-0.15, -0.1) is 11.6 Å². The van der Waals surface area contributed by atoms with E-state index in [0.29, 0.717) is 0 Å². The number of hydrogen-bond donors (Lipinski definition) is 0. The van der Waals surface area contributed by atoms with Crippen molar-refractivity contribution in [1.29, 1.82) is 0 Å². The summed E-state index contributed by atoms with van der Waals surface area (Å²) in [5.41, 5.74) is 0. The van der Waals surface area contributed by atoms with Gasteiger partial charge in [0, 0.05) is 12.5 Å². The molecule has 0 heterocycles. The molecule has 1 unspecified atom stereocenters. The van der Waals surface area contributed by atoms with Gasteiger partial charge < -0.3 is 16.8 Å². The number of alkyl halides is 1. The molecule has 0 rings (SSSR count). The average molecular weight is 403 g/mol. The first-order chi connectivity index (χ1) is 9.60. The lowest BCUT2D eigenvalue weighted by Gasteiger charge is -2.40. The molecular formula is C13H35ClO4Si4. The van der Waals surface area contributed by atoms with Crippen molar-refractivity contribution < 1.29 is 16.8 Å². The van der Waals surface area contributed by atoms with Gasteiger partial charge in [0.1, 0.15) is 0 Å². The third-order valence-electron chi connectivity index (χ3n) is 3.14. The van der Waals surface area contributed by atoms with E-state index in [-0.39, 0.29) is 5.38 Å². The van der Waals surface area contributed by atoms with Crippen LogP contribution in [0.1, 0.15) is 13.3 Å². The zero-order valence-electron chi connectivity index (χ0n) is 16.0. The molecule has 0 aliphatic carbocycles. The third kappa shape index (κ3) is 10.7. The molecule has 9 heteroatoms. The second-order valence-corrected chi connectivity index (χ2v) is 23.8. The van der Waals surface area contributed by atoms with Gasteiger partial charge in [0.25, 0.3) is 0 Å². The predicted molar refractivity (Wildman–Crippen MR) is 105 cm³/mol. The van der Waals surface area contributed by atoms with Crippen LogP contribution in [0.3, 0.4) is 0 Å². The second-order valence-electron chi connectivity index (χ2n) is 7.79. The van der Waals surface area contributed by atoms with E-state index in [4.69, 9.17) is 28.4 Å². The first-order valence-electron chi connectivity index (χ1n) is 7.89. The van der Waals surface area contributed by atoms with E-state index in [1.807, 2.05) is 20.0 Å². The molecule has 0 fully saturated rings. The van der Waals surface area contributed by atoms with Gasteiger partial charge in [-0.1, -0.05) is 0 Å². The van der Waals surface area contributed by atoms with Gasteiger partial charge in [0.05, 0.1) is 0 Å². The van der Waals surface area contributed by atoms with Gasteiger partial charge in [-0.2, -0.15) is 0 Å². The molecule has 0 saturated heterocycles. The van der Waals surface area contributed by atoms with E-state index in [0.717, 1.165) is 12.5 Å². The van der Waals surface area contributed by atoms with Gasteiger partial charge in [-0.3, -0.25) is 0 Å². The maximum Gasteiger partial charge on any atom is 0.322 e. The molecule has 134 valence electrons. The van der Waals surface area contributed by atoms with E-state index in [1.54, 1.807) is 7.11 Å². The van der Waals surface area contributed by atoms with Crippen molar-refractivity contribution in [2.45, 2.75) is 77.1 Å². The van der Waals surface area contributed by atoms with Crippen LogP contribution in [0.15, 0.2) is 0 Å². The van der Waals surface area contributed by atoms with Crippen LogP contribution in [0.25, 0.3) is 0 Å². The Labute approximate surface area is 146 Å². The van der Waals surface area contributed by atoms with Crippen molar-refractivity contribution in [2.75, 3.05) is 7.11 Å². The number of hydrogen-bond acceptors (Lipinski definition) is 4. The number of halogens is 1. The Morgan fingerprint density at radius 2 is 1.18 bits per heavy atom. The Bertz CT molecular complexity index is 349. The highest BCUT2D eigenvalue weighted by molar-refractivity contribution is 6.88. The molecular weight excluding hydrogens is 368 g/mol. The van der Waals surface area contributed by atoms with Gasteiger partial charge in [0.2, 0.25) is 0 Å². The molecule has 0 aliphatic rings. The van der Waals surface area contributed by atoms with Crippen molar-refractivity contribution in [2.24, 2.45) is 0 Å². The van der Waals surface area contributed by atoms with E-state index in [9.17, 15) is 0 Å². The van der Waals surface area contributed by atoms with Gasteiger partial charge >= 0.3 is 25.7 Å². The van der Waals surface area contributed by atoms with Crippen LogP contribution in [0, 0.1) is 0 Å². The largest absolute Gasteiger partial charge is 0.436 e. The third-order valence-corrected chi connectivity index (χ3v) is 17.9. The molecule has 1 atom stereocenters. The van der Waals surface area contributed by atoms with Crippen molar-refractivity contribution in [1.82, 2.24) is 0 Å². The van der Waals surface area contributed by atoms with Crippen LogP contribution in [-0.4, -0.2) is 46.5 Å². The van der Waals surface area contributed by atoms with Crippen LogP contribution < -0.4 is 0 Å². The van der Waals surface area contributed by atoms with Crippen LogP contribution >= 0.6 is 11.6 Å². The fourth-order valence-electron chi connectivity index (χ4n) is 2.53. The maximum atomic E-state index is 6.49. The minimum absolute atomic E-state index is 0.198. The van der Waals surface area contributed by atoms with Crippen molar-refractivity contribution >= 4 is 45.6 Å². The molecule has 0 spiro atoms. The van der Waals surface area contributed by atoms with Crippen LogP contribution in [0.4, 0.5) is 0 Å².